The maximum absolute atomic E-state index is 13.6. The summed E-state index contributed by atoms with van der Waals surface area (Å²) in [5.41, 5.74) is -0.527. The molecule has 0 unspecified atom stereocenters. The van der Waals surface area contributed by atoms with Gasteiger partial charge in [-0.2, -0.15) is 0 Å². The van der Waals surface area contributed by atoms with Crippen LogP contribution in [0.5, 0.6) is 5.75 Å². The molecule has 0 aliphatic heterocycles. The lowest BCUT2D eigenvalue weighted by Gasteiger charge is -2.09. The average molecular weight is 275 g/mol. The van der Waals surface area contributed by atoms with Gasteiger partial charge in [-0.15, -0.1) is 0 Å². The Morgan fingerprint density at radius 1 is 1.28 bits per heavy atom. The van der Waals surface area contributed by atoms with Gasteiger partial charge < -0.3 is 9.47 Å². The van der Waals surface area contributed by atoms with E-state index in [0.29, 0.717) is 6.61 Å². The highest BCUT2D eigenvalue weighted by Crippen LogP contribution is 2.30. The summed E-state index contributed by atoms with van der Waals surface area (Å²) in [6.07, 6.45) is 0. The molecule has 1 aromatic carbocycles. The Balaban J connectivity index is 3.18. The second kappa shape index (κ2) is 6.35. The predicted molar refractivity (Wildman–Crippen MR) is 63.5 cm³/mol. The Bertz CT molecular complexity index is 473. The number of carbonyl (C=O) groups is 2. The molecule has 0 aliphatic rings. The van der Waals surface area contributed by atoms with Crippen molar-refractivity contribution in [3.63, 3.8) is 0 Å². The molecule has 0 spiro atoms. The molecule has 18 heavy (non-hydrogen) atoms. The van der Waals surface area contributed by atoms with Crippen molar-refractivity contribution in [3.05, 3.63) is 28.5 Å². The van der Waals surface area contributed by atoms with Crippen LogP contribution in [0, 0.1) is 5.82 Å². The van der Waals surface area contributed by atoms with Crippen molar-refractivity contribution in [1.29, 1.82) is 0 Å². The summed E-state index contributed by atoms with van der Waals surface area (Å²) in [5, 5.41) is -0.227. The van der Waals surface area contributed by atoms with E-state index < -0.39 is 23.1 Å². The van der Waals surface area contributed by atoms with Crippen LogP contribution in [0.2, 0.25) is 5.02 Å². The Morgan fingerprint density at radius 2 is 1.94 bits per heavy atom. The summed E-state index contributed by atoms with van der Waals surface area (Å²) in [6, 6.07) is 2.31. The average Bonchev–Trinajstić information content (AvgIpc) is 2.33. The highest BCUT2D eigenvalue weighted by molar-refractivity contribution is 6.46. The van der Waals surface area contributed by atoms with Gasteiger partial charge in [0.25, 0.3) is 5.78 Å². The maximum Gasteiger partial charge on any atom is 0.379 e. The quantitative estimate of drug-likeness (QED) is 0.470. The molecule has 1 aromatic rings. The first kappa shape index (κ1) is 14.4. The van der Waals surface area contributed by atoms with Crippen LogP contribution in [-0.4, -0.2) is 25.0 Å². The number of benzene rings is 1. The third-order valence-corrected chi connectivity index (χ3v) is 2.42. The lowest BCUT2D eigenvalue weighted by Crippen LogP contribution is -2.19. The predicted octanol–water partition coefficient (Wildman–Crippen LogP) is 2.62. The van der Waals surface area contributed by atoms with Gasteiger partial charge in [0.1, 0.15) is 11.6 Å². The van der Waals surface area contributed by atoms with E-state index in [1.165, 1.54) is 6.07 Å². The van der Waals surface area contributed by atoms with E-state index in [9.17, 15) is 14.0 Å². The highest BCUT2D eigenvalue weighted by atomic mass is 35.5. The molecule has 0 aromatic heterocycles. The SMILES string of the molecule is CCOC(=O)C(=O)c1c(F)ccc(OCC)c1Cl. The smallest absolute Gasteiger partial charge is 0.379 e. The monoisotopic (exact) mass is 274 g/mol. The molecule has 0 radical (unpaired) electrons. The fraction of sp³-hybridized carbons (Fsp3) is 0.333. The number of rotatable bonds is 5. The summed E-state index contributed by atoms with van der Waals surface area (Å²) in [5.74, 6) is -3.01. The Kier molecular flexibility index (Phi) is 5.09. The molecular weight excluding hydrogens is 263 g/mol. The van der Waals surface area contributed by atoms with Crippen molar-refractivity contribution in [2.24, 2.45) is 0 Å². The summed E-state index contributed by atoms with van der Waals surface area (Å²) in [4.78, 5) is 23.0. The summed E-state index contributed by atoms with van der Waals surface area (Å²) in [6.45, 7) is 3.58. The first-order chi connectivity index (χ1) is 8.52. The van der Waals surface area contributed by atoms with Crippen LogP contribution in [0.25, 0.3) is 0 Å². The topological polar surface area (TPSA) is 52.6 Å². The van der Waals surface area contributed by atoms with E-state index in [4.69, 9.17) is 16.3 Å². The first-order valence-corrected chi connectivity index (χ1v) is 5.72. The standard InChI is InChI=1S/C12H12ClFO4/c1-3-17-8-6-5-7(14)9(10(8)13)11(15)12(16)18-4-2/h5-6H,3-4H2,1-2H3. The second-order valence-electron chi connectivity index (χ2n) is 3.22. The second-order valence-corrected chi connectivity index (χ2v) is 3.60. The van der Waals surface area contributed by atoms with E-state index in [1.54, 1.807) is 13.8 Å². The number of ketones is 1. The third-order valence-electron chi connectivity index (χ3n) is 2.04. The zero-order chi connectivity index (χ0) is 13.7. The number of esters is 1. The van der Waals surface area contributed by atoms with Crippen molar-refractivity contribution in [1.82, 2.24) is 0 Å². The van der Waals surface area contributed by atoms with Crippen LogP contribution in [0.4, 0.5) is 4.39 Å². The minimum Gasteiger partial charge on any atom is -0.492 e. The van der Waals surface area contributed by atoms with Gasteiger partial charge in [-0.25, -0.2) is 9.18 Å². The molecule has 0 fully saturated rings. The first-order valence-electron chi connectivity index (χ1n) is 5.35. The third kappa shape index (κ3) is 2.98. The number of carbonyl (C=O) groups excluding carboxylic acids is 2. The number of ether oxygens (including phenoxy) is 2. The fourth-order valence-corrected chi connectivity index (χ4v) is 1.60. The zero-order valence-electron chi connectivity index (χ0n) is 9.96. The van der Waals surface area contributed by atoms with Crippen molar-refractivity contribution in [2.75, 3.05) is 13.2 Å². The van der Waals surface area contributed by atoms with Crippen molar-refractivity contribution in [2.45, 2.75) is 13.8 Å². The summed E-state index contributed by atoms with van der Waals surface area (Å²) >= 11 is 5.84. The minimum absolute atomic E-state index is 0.0228. The van der Waals surface area contributed by atoms with Crippen molar-refractivity contribution >= 4 is 23.4 Å². The largest absolute Gasteiger partial charge is 0.492 e. The molecular formula is C12H12ClFO4. The van der Waals surface area contributed by atoms with E-state index >= 15 is 0 Å². The van der Waals surface area contributed by atoms with Crippen LogP contribution >= 0.6 is 11.6 Å². The molecule has 0 aliphatic carbocycles. The van der Waals surface area contributed by atoms with Gasteiger partial charge in [-0.05, 0) is 26.0 Å². The molecule has 0 atom stereocenters. The molecule has 1 rings (SSSR count). The van der Waals surface area contributed by atoms with Gasteiger partial charge in [0.15, 0.2) is 0 Å². The molecule has 0 amide bonds. The van der Waals surface area contributed by atoms with E-state index in [1.807, 2.05) is 0 Å². The van der Waals surface area contributed by atoms with Gasteiger partial charge in [0, 0.05) is 0 Å². The van der Waals surface area contributed by atoms with Gasteiger partial charge in [0.05, 0.1) is 23.8 Å². The van der Waals surface area contributed by atoms with Crippen LogP contribution in [0.1, 0.15) is 24.2 Å². The van der Waals surface area contributed by atoms with Gasteiger partial charge in [-0.3, -0.25) is 4.79 Å². The molecule has 0 saturated heterocycles. The highest BCUT2D eigenvalue weighted by Gasteiger charge is 2.26. The number of Topliss-reactive ketones (excluding diaryl/α,β-unsaturated/α-hetero) is 1. The molecule has 0 bridgehead atoms. The van der Waals surface area contributed by atoms with E-state index in [0.717, 1.165) is 6.07 Å². The Hall–Kier alpha value is -1.62. The number of hydrogen-bond donors (Lipinski definition) is 0. The normalized spacial score (nSPS) is 10.0. The van der Waals surface area contributed by atoms with Gasteiger partial charge in [0.2, 0.25) is 0 Å². The molecule has 0 N–H and O–H groups in total. The number of halogens is 2. The molecule has 0 saturated carbocycles. The molecule has 6 heteroatoms. The molecule has 98 valence electrons. The van der Waals surface area contributed by atoms with Gasteiger partial charge in [-0.1, -0.05) is 11.6 Å². The zero-order valence-corrected chi connectivity index (χ0v) is 10.7. The van der Waals surface area contributed by atoms with E-state index in [-0.39, 0.29) is 17.4 Å². The summed E-state index contributed by atoms with van der Waals surface area (Å²) in [7, 11) is 0. The van der Waals surface area contributed by atoms with Gasteiger partial charge >= 0.3 is 5.97 Å². The van der Waals surface area contributed by atoms with Crippen molar-refractivity contribution in [3.8, 4) is 5.75 Å². The Morgan fingerprint density at radius 3 is 2.50 bits per heavy atom. The van der Waals surface area contributed by atoms with Crippen LogP contribution in [0.15, 0.2) is 12.1 Å². The lowest BCUT2D eigenvalue weighted by atomic mass is 10.1. The van der Waals surface area contributed by atoms with Crippen molar-refractivity contribution < 1.29 is 23.5 Å². The van der Waals surface area contributed by atoms with E-state index in [2.05, 4.69) is 4.74 Å². The van der Waals surface area contributed by atoms with Crippen LogP contribution < -0.4 is 4.74 Å². The van der Waals surface area contributed by atoms with Crippen LogP contribution in [0.3, 0.4) is 0 Å². The molecule has 4 nitrogen and oxygen atoms in total. The Labute approximate surface area is 109 Å². The lowest BCUT2D eigenvalue weighted by molar-refractivity contribution is -0.137. The maximum atomic E-state index is 13.6. The number of hydrogen-bond acceptors (Lipinski definition) is 4. The fourth-order valence-electron chi connectivity index (χ4n) is 1.31. The summed E-state index contributed by atoms with van der Waals surface area (Å²) < 4.78 is 23.2. The molecule has 0 heterocycles. The minimum atomic E-state index is -1.15. The van der Waals surface area contributed by atoms with Crippen LogP contribution in [-0.2, 0) is 9.53 Å².